The summed E-state index contributed by atoms with van der Waals surface area (Å²) < 4.78 is 30.9. The van der Waals surface area contributed by atoms with Gasteiger partial charge in [0.25, 0.3) is 10.1 Å². The van der Waals surface area contributed by atoms with E-state index >= 15 is 0 Å². The van der Waals surface area contributed by atoms with Crippen molar-refractivity contribution in [1.29, 1.82) is 5.41 Å². The summed E-state index contributed by atoms with van der Waals surface area (Å²) in [7, 11) is -4.27. The van der Waals surface area contributed by atoms with Crippen LogP contribution in [0.1, 0.15) is 18.9 Å². The molecule has 20 heavy (non-hydrogen) atoms. The van der Waals surface area contributed by atoms with E-state index in [0.29, 0.717) is 11.4 Å². The molecule has 0 aliphatic heterocycles. The first-order valence-electron chi connectivity index (χ1n) is 5.32. The molecule has 0 aliphatic rings. The Hall–Kier alpha value is -0.930. The van der Waals surface area contributed by atoms with Crippen LogP contribution in [0.25, 0.3) is 0 Å². The van der Waals surface area contributed by atoms with Crippen molar-refractivity contribution in [2.45, 2.75) is 25.2 Å². The minimum Gasteiger partial charge on any atom is -0.862 e. The third-order valence-electron chi connectivity index (χ3n) is 2.29. The first-order chi connectivity index (χ1) is 8.70. The molecule has 0 radical (unpaired) electrons. The fourth-order valence-electron chi connectivity index (χ4n) is 1.31. The van der Waals surface area contributed by atoms with E-state index in [1.54, 1.807) is 13.8 Å². The van der Waals surface area contributed by atoms with Crippen LogP contribution >= 0.6 is 0 Å². The second kappa shape index (κ2) is 7.75. The second-order valence-electron chi connectivity index (χ2n) is 4.01. The molecule has 104 valence electrons. The zero-order valence-electron chi connectivity index (χ0n) is 11.5. The Morgan fingerprint density at radius 3 is 2.60 bits per heavy atom. The van der Waals surface area contributed by atoms with Gasteiger partial charge in [-0.2, -0.15) is 13.5 Å². The molecule has 1 rings (SSSR count). The van der Waals surface area contributed by atoms with Crippen LogP contribution < -0.4 is 40.1 Å². The fraction of sp³-hybridized carbons (Fsp3) is 0.273. The van der Waals surface area contributed by atoms with Crippen molar-refractivity contribution in [2.75, 3.05) is 5.43 Å². The van der Waals surface area contributed by atoms with Gasteiger partial charge in [-0.15, -0.1) is 0 Å². The van der Waals surface area contributed by atoms with Crippen molar-refractivity contribution in [2.24, 2.45) is 5.10 Å². The minimum atomic E-state index is -4.27. The largest absolute Gasteiger partial charge is 1.00 e. The first kappa shape index (κ1) is 19.1. The van der Waals surface area contributed by atoms with E-state index in [1.807, 2.05) is 0 Å². The van der Waals surface area contributed by atoms with Crippen molar-refractivity contribution < 1.29 is 47.6 Å². The molecule has 0 aliphatic carbocycles. The maximum atomic E-state index is 11.0. The number of hydrogen-bond acceptors (Lipinski definition) is 6. The van der Waals surface area contributed by atoms with Gasteiger partial charge in [0.2, 0.25) is 0 Å². The summed E-state index contributed by atoms with van der Waals surface area (Å²) in [5.74, 6) is -0.758. The van der Waals surface area contributed by atoms with Gasteiger partial charge >= 0.3 is 29.6 Å². The van der Waals surface area contributed by atoms with Gasteiger partial charge in [0, 0.05) is 12.1 Å². The second-order valence-corrected chi connectivity index (χ2v) is 5.43. The monoisotopic (exact) mass is 307 g/mol. The summed E-state index contributed by atoms with van der Waals surface area (Å²) in [5, 5.41) is 21.2. The Labute approximate surface area is 139 Å². The molecule has 0 amide bonds. The van der Waals surface area contributed by atoms with E-state index < -0.39 is 16.0 Å². The molecule has 0 atom stereocenters. The van der Waals surface area contributed by atoms with E-state index in [9.17, 15) is 13.5 Å². The Morgan fingerprint density at radius 1 is 1.50 bits per heavy atom. The summed E-state index contributed by atoms with van der Waals surface area (Å²) >= 11 is 0. The molecule has 0 fully saturated rings. The number of hydrazone groups is 1. The van der Waals surface area contributed by atoms with Crippen molar-refractivity contribution in [3.8, 4) is 0 Å². The molecule has 0 saturated heterocycles. The van der Waals surface area contributed by atoms with E-state index in [4.69, 9.17) is 9.96 Å². The number of hydrogen-bond donors (Lipinski definition) is 3. The predicted octanol–water partition coefficient (Wildman–Crippen LogP) is -2.24. The molecular formula is C11H14N3NaO4S. The van der Waals surface area contributed by atoms with Gasteiger partial charge in [0.1, 0.15) is 0 Å². The van der Waals surface area contributed by atoms with Gasteiger partial charge in [0.05, 0.1) is 10.6 Å². The maximum Gasteiger partial charge on any atom is 1.00 e. The molecule has 3 N–H and O–H groups in total. The zero-order chi connectivity index (χ0) is 14.6. The van der Waals surface area contributed by atoms with Gasteiger partial charge in [-0.25, -0.2) is 0 Å². The van der Waals surface area contributed by atoms with Crippen LogP contribution in [0.2, 0.25) is 0 Å². The Balaban J connectivity index is 0.00000361. The molecule has 0 bridgehead atoms. The summed E-state index contributed by atoms with van der Waals surface area (Å²) in [6, 6.07) is 4.04. The van der Waals surface area contributed by atoms with Gasteiger partial charge in [-0.05, 0) is 37.4 Å². The van der Waals surface area contributed by atoms with Gasteiger partial charge in [0.15, 0.2) is 0 Å². The molecule has 0 saturated carbocycles. The smallest absolute Gasteiger partial charge is 0.862 e. The van der Waals surface area contributed by atoms with Crippen LogP contribution in [-0.2, 0) is 10.1 Å². The fourth-order valence-corrected chi connectivity index (χ4v) is 1.82. The maximum absolute atomic E-state index is 11.0. The summed E-state index contributed by atoms with van der Waals surface area (Å²) in [6.45, 7) is 3.30. The van der Waals surface area contributed by atoms with Crippen LogP contribution in [0.15, 0.2) is 28.2 Å². The number of anilines is 1. The molecule has 0 spiro atoms. The number of rotatable bonds is 5. The number of aryl methyl sites for hydroxylation is 1. The van der Waals surface area contributed by atoms with Crippen molar-refractivity contribution in [3.63, 3.8) is 0 Å². The number of benzene rings is 1. The molecule has 1 aromatic rings. The topological polar surface area (TPSA) is 126 Å². The zero-order valence-corrected chi connectivity index (χ0v) is 14.3. The summed E-state index contributed by atoms with van der Waals surface area (Å²) in [6.07, 6.45) is -0.107. The first-order valence-corrected chi connectivity index (χ1v) is 6.76. The molecule has 0 aromatic heterocycles. The molecule has 0 unspecified atom stereocenters. The minimum absolute atomic E-state index is 0. The van der Waals surface area contributed by atoms with E-state index in [2.05, 4.69) is 10.5 Å². The third kappa shape index (κ3) is 6.02. The summed E-state index contributed by atoms with van der Waals surface area (Å²) in [5.41, 5.74) is 4.13. The normalized spacial score (nSPS) is 11.7. The number of nitrogens with one attached hydrogen (secondary N) is 2. The van der Waals surface area contributed by atoms with Crippen molar-refractivity contribution >= 4 is 27.4 Å². The molecule has 9 heteroatoms. The molecule has 1 aromatic carbocycles. The van der Waals surface area contributed by atoms with Gasteiger partial charge in [-0.3, -0.25) is 9.98 Å². The van der Waals surface area contributed by atoms with Crippen LogP contribution in [-0.4, -0.2) is 24.6 Å². The van der Waals surface area contributed by atoms with Crippen molar-refractivity contribution in [1.82, 2.24) is 0 Å². The molecule has 0 heterocycles. The summed E-state index contributed by atoms with van der Waals surface area (Å²) in [4.78, 5) is -0.245. The van der Waals surface area contributed by atoms with Crippen LogP contribution in [0.4, 0.5) is 5.69 Å². The van der Waals surface area contributed by atoms with E-state index in [-0.39, 0.29) is 40.9 Å². The van der Waals surface area contributed by atoms with E-state index in [1.165, 1.54) is 18.2 Å². The quantitative estimate of drug-likeness (QED) is 0.186. The predicted molar refractivity (Wildman–Crippen MR) is 70.1 cm³/mol. The standard InChI is InChI=1S/C11H15N3O4S.Na/c1-7-3-4-9(19(16,17)18)6-10(7)14-13-8(2)5-11(12)15;/h3-4,6,14H,5H2,1-2H3,(H2,12,15)(H,16,17,18);/q;+1/p-1/b13-8-;. The van der Waals surface area contributed by atoms with Crippen molar-refractivity contribution in [3.05, 3.63) is 23.8 Å². The van der Waals surface area contributed by atoms with Gasteiger partial charge in [-0.1, -0.05) is 6.07 Å². The van der Waals surface area contributed by atoms with Gasteiger partial charge < -0.3 is 10.5 Å². The average molecular weight is 307 g/mol. The van der Waals surface area contributed by atoms with Crippen LogP contribution in [0, 0.1) is 12.3 Å². The molecule has 7 nitrogen and oxygen atoms in total. The number of nitrogens with zero attached hydrogens (tertiary/aromatic N) is 1. The Bertz CT molecular complexity index is 629. The molecular weight excluding hydrogens is 293 g/mol. The van der Waals surface area contributed by atoms with Crippen LogP contribution in [0.5, 0.6) is 0 Å². The average Bonchev–Trinajstić information content (AvgIpc) is 2.25. The van der Waals surface area contributed by atoms with E-state index in [0.717, 1.165) is 5.56 Å². The van der Waals surface area contributed by atoms with Crippen LogP contribution in [0.3, 0.4) is 0 Å². The Morgan fingerprint density at radius 2 is 2.10 bits per heavy atom. The third-order valence-corrected chi connectivity index (χ3v) is 3.14. The Kier molecular flexibility index (Phi) is 7.39. The SMILES string of the molecule is C/C(CC(=N)[O-])=N/Nc1cc(S(=O)(=O)O)ccc1C.[Na+].